The van der Waals surface area contributed by atoms with Crippen LogP contribution in [0.1, 0.15) is 49.1 Å². The summed E-state index contributed by atoms with van der Waals surface area (Å²) in [6, 6.07) is 0. The molecule has 1 fully saturated rings. The summed E-state index contributed by atoms with van der Waals surface area (Å²) in [6.07, 6.45) is 3.49. The number of nitrogens with zero attached hydrogens (tertiary/aromatic N) is 2. The van der Waals surface area contributed by atoms with Gasteiger partial charge in [0.05, 0.1) is 6.10 Å². The van der Waals surface area contributed by atoms with Crippen molar-refractivity contribution in [3.63, 3.8) is 0 Å². The largest absolute Gasteiger partial charge is 0.392 e. The van der Waals surface area contributed by atoms with Crippen LogP contribution in [0.25, 0.3) is 0 Å². The van der Waals surface area contributed by atoms with E-state index in [4.69, 9.17) is 4.52 Å². The highest BCUT2D eigenvalue weighted by Crippen LogP contribution is 2.35. The van der Waals surface area contributed by atoms with E-state index in [1.54, 1.807) is 6.92 Å². The predicted octanol–water partition coefficient (Wildman–Crippen LogP) is 1.05. The van der Waals surface area contributed by atoms with E-state index in [0.717, 1.165) is 25.7 Å². The summed E-state index contributed by atoms with van der Waals surface area (Å²) >= 11 is 0. The SMILES string of the molecule is Cc1nc(C(=O)NCC2(C)CCCCC2O)no1. The van der Waals surface area contributed by atoms with Crippen molar-refractivity contribution in [1.82, 2.24) is 15.5 Å². The van der Waals surface area contributed by atoms with Crippen molar-refractivity contribution >= 4 is 5.91 Å². The molecule has 6 heteroatoms. The van der Waals surface area contributed by atoms with Crippen molar-refractivity contribution < 1.29 is 14.4 Å². The maximum atomic E-state index is 11.8. The van der Waals surface area contributed by atoms with Crippen molar-refractivity contribution in [2.45, 2.75) is 45.6 Å². The van der Waals surface area contributed by atoms with Crippen LogP contribution in [-0.2, 0) is 0 Å². The van der Waals surface area contributed by atoms with Crippen LogP contribution < -0.4 is 5.32 Å². The van der Waals surface area contributed by atoms with Gasteiger partial charge in [0.2, 0.25) is 5.89 Å². The average molecular weight is 253 g/mol. The molecule has 1 saturated carbocycles. The van der Waals surface area contributed by atoms with Crippen molar-refractivity contribution in [3.8, 4) is 0 Å². The third-order valence-electron chi connectivity index (χ3n) is 3.66. The first-order valence-corrected chi connectivity index (χ1v) is 6.28. The molecule has 6 nitrogen and oxygen atoms in total. The van der Waals surface area contributed by atoms with Crippen LogP contribution in [0.3, 0.4) is 0 Å². The Morgan fingerprint density at radius 1 is 1.61 bits per heavy atom. The topological polar surface area (TPSA) is 88.2 Å². The monoisotopic (exact) mass is 253 g/mol. The second-order valence-electron chi connectivity index (χ2n) is 5.24. The fraction of sp³-hybridized carbons (Fsp3) is 0.750. The van der Waals surface area contributed by atoms with Crippen LogP contribution >= 0.6 is 0 Å². The molecular weight excluding hydrogens is 234 g/mol. The summed E-state index contributed by atoms with van der Waals surface area (Å²) in [6.45, 7) is 4.06. The lowest BCUT2D eigenvalue weighted by Crippen LogP contribution is -2.45. The van der Waals surface area contributed by atoms with Crippen molar-refractivity contribution in [2.75, 3.05) is 6.54 Å². The van der Waals surface area contributed by atoms with E-state index < -0.39 is 0 Å². The maximum absolute atomic E-state index is 11.8. The van der Waals surface area contributed by atoms with Crippen LogP contribution in [0.4, 0.5) is 0 Å². The number of nitrogens with one attached hydrogen (secondary N) is 1. The Labute approximate surface area is 106 Å². The molecule has 2 atom stereocenters. The zero-order valence-corrected chi connectivity index (χ0v) is 10.8. The molecule has 1 aromatic rings. The lowest BCUT2D eigenvalue weighted by Gasteiger charge is -2.38. The van der Waals surface area contributed by atoms with E-state index in [9.17, 15) is 9.90 Å². The summed E-state index contributed by atoms with van der Waals surface area (Å²) in [7, 11) is 0. The van der Waals surface area contributed by atoms with Gasteiger partial charge in [-0.3, -0.25) is 4.79 Å². The summed E-state index contributed by atoms with van der Waals surface area (Å²) in [5.74, 6) is 0.0521. The van der Waals surface area contributed by atoms with Gasteiger partial charge in [0.25, 0.3) is 11.7 Å². The molecule has 1 amide bonds. The zero-order chi connectivity index (χ0) is 13.2. The fourth-order valence-electron chi connectivity index (χ4n) is 2.34. The Bertz CT molecular complexity index is 432. The molecule has 18 heavy (non-hydrogen) atoms. The van der Waals surface area contributed by atoms with Crippen LogP contribution in [0.2, 0.25) is 0 Å². The molecule has 0 aromatic carbocycles. The zero-order valence-electron chi connectivity index (χ0n) is 10.8. The van der Waals surface area contributed by atoms with Crippen molar-refractivity contribution in [2.24, 2.45) is 5.41 Å². The molecule has 0 radical (unpaired) electrons. The third-order valence-corrected chi connectivity index (χ3v) is 3.66. The number of carbonyl (C=O) groups is 1. The lowest BCUT2D eigenvalue weighted by atomic mass is 9.73. The highest BCUT2D eigenvalue weighted by molar-refractivity contribution is 5.90. The molecule has 0 saturated heterocycles. The average Bonchev–Trinajstić information content (AvgIpc) is 2.77. The summed E-state index contributed by atoms with van der Waals surface area (Å²) < 4.78 is 4.75. The van der Waals surface area contributed by atoms with E-state index in [0.29, 0.717) is 12.4 Å². The molecule has 0 aliphatic heterocycles. The Hall–Kier alpha value is -1.43. The van der Waals surface area contributed by atoms with Crippen LogP contribution in [0.15, 0.2) is 4.52 Å². The minimum Gasteiger partial charge on any atom is -0.392 e. The molecule has 2 N–H and O–H groups in total. The van der Waals surface area contributed by atoms with Gasteiger partial charge in [-0.1, -0.05) is 24.9 Å². The van der Waals surface area contributed by atoms with E-state index in [2.05, 4.69) is 15.5 Å². The molecule has 1 aliphatic carbocycles. The fourth-order valence-corrected chi connectivity index (χ4v) is 2.34. The number of amides is 1. The van der Waals surface area contributed by atoms with Gasteiger partial charge in [-0.25, -0.2) is 0 Å². The van der Waals surface area contributed by atoms with Gasteiger partial charge >= 0.3 is 0 Å². The molecule has 2 rings (SSSR count). The van der Waals surface area contributed by atoms with Crippen LogP contribution in [0.5, 0.6) is 0 Å². The van der Waals surface area contributed by atoms with Crippen molar-refractivity contribution in [3.05, 3.63) is 11.7 Å². The van der Waals surface area contributed by atoms with Crippen LogP contribution in [-0.4, -0.2) is 33.8 Å². The van der Waals surface area contributed by atoms with Gasteiger partial charge < -0.3 is 14.9 Å². The Balaban J connectivity index is 1.92. The number of aliphatic hydroxyl groups excluding tert-OH is 1. The first-order valence-electron chi connectivity index (χ1n) is 6.28. The Morgan fingerprint density at radius 2 is 2.39 bits per heavy atom. The van der Waals surface area contributed by atoms with E-state index in [1.807, 2.05) is 6.92 Å². The number of hydrogen-bond acceptors (Lipinski definition) is 5. The molecule has 100 valence electrons. The summed E-state index contributed by atoms with van der Waals surface area (Å²) in [5.41, 5.74) is -0.257. The molecule has 0 spiro atoms. The lowest BCUT2D eigenvalue weighted by molar-refractivity contribution is 0.00182. The van der Waals surface area contributed by atoms with E-state index >= 15 is 0 Å². The number of aliphatic hydroxyl groups is 1. The quantitative estimate of drug-likeness (QED) is 0.840. The maximum Gasteiger partial charge on any atom is 0.292 e. The van der Waals surface area contributed by atoms with Gasteiger partial charge in [0.15, 0.2) is 0 Å². The highest BCUT2D eigenvalue weighted by atomic mass is 16.5. The van der Waals surface area contributed by atoms with Gasteiger partial charge in [0, 0.05) is 18.9 Å². The standard InChI is InChI=1S/C12H19N3O3/c1-8-14-10(15-18-8)11(17)13-7-12(2)6-4-3-5-9(12)16/h9,16H,3-7H2,1-2H3,(H,13,17). The first-order chi connectivity index (χ1) is 8.51. The summed E-state index contributed by atoms with van der Waals surface area (Å²) in [5, 5.41) is 16.3. The van der Waals surface area contributed by atoms with Crippen LogP contribution in [0, 0.1) is 12.3 Å². The number of aryl methyl sites for hydroxylation is 1. The predicted molar refractivity (Wildman–Crippen MR) is 64.0 cm³/mol. The minimum atomic E-state index is -0.362. The molecule has 1 aliphatic rings. The number of rotatable bonds is 3. The Morgan fingerprint density at radius 3 is 3.00 bits per heavy atom. The first kappa shape index (κ1) is 13.0. The molecule has 0 bridgehead atoms. The molecule has 2 unspecified atom stereocenters. The number of carbonyl (C=O) groups excluding carboxylic acids is 1. The molecule has 1 aromatic heterocycles. The van der Waals surface area contributed by atoms with E-state index in [1.165, 1.54) is 0 Å². The molecular formula is C12H19N3O3. The van der Waals surface area contributed by atoms with Crippen molar-refractivity contribution in [1.29, 1.82) is 0 Å². The van der Waals surface area contributed by atoms with Gasteiger partial charge in [-0.05, 0) is 12.8 Å². The second-order valence-corrected chi connectivity index (χ2v) is 5.24. The Kier molecular flexibility index (Phi) is 3.65. The van der Waals surface area contributed by atoms with Gasteiger partial charge in [-0.2, -0.15) is 4.98 Å². The number of hydrogen-bond donors (Lipinski definition) is 2. The molecule has 1 heterocycles. The number of aromatic nitrogens is 2. The van der Waals surface area contributed by atoms with E-state index in [-0.39, 0.29) is 23.3 Å². The third kappa shape index (κ3) is 2.69. The second kappa shape index (κ2) is 5.06. The normalized spacial score (nSPS) is 28.1. The van der Waals surface area contributed by atoms with Gasteiger partial charge in [-0.15, -0.1) is 0 Å². The summed E-state index contributed by atoms with van der Waals surface area (Å²) in [4.78, 5) is 15.6. The highest BCUT2D eigenvalue weighted by Gasteiger charge is 2.35. The smallest absolute Gasteiger partial charge is 0.292 e. The minimum absolute atomic E-state index is 0.0430. The van der Waals surface area contributed by atoms with Gasteiger partial charge in [0.1, 0.15) is 0 Å².